The molecule has 1 aromatic rings. The molecule has 0 unspecified atom stereocenters. The Morgan fingerprint density at radius 3 is 2.54 bits per heavy atom. The van der Waals surface area contributed by atoms with Gasteiger partial charge in [0, 0.05) is 19.5 Å². The second-order valence-electron chi connectivity index (χ2n) is 5.93. The number of alkyl halides is 3. The van der Waals surface area contributed by atoms with E-state index in [0.29, 0.717) is 24.8 Å². The van der Waals surface area contributed by atoms with Gasteiger partial charge in [-0.25, -0.2) is 0 Å². The summed E-state index contributed by atoms with van der Waals surface area (Å²) in [5.41, 5.74) is 0.500. The first-order chi connectivity index (χ1) is 11.2. The molecular formula is C16H18F3NO4. The van der Waals surface area contributed by atoms with Crippen LogP contribution in [0.1, 0.15) is 24.8 Å². The molecule has 8 heteroatoms. The first-order valence-electron chi connectivity index (χ1n) is 7.48. The van der Waals surface area contributed by atoms with Crippen LogP contribution >= 0.6 is 0 Å². The van der Waals surface area contributed by atoms with Gasteiger partial charge in [-0.2, -0.15) is 0 Å². The molecule has 132 valence electrons. The van der Waals surface area contributed by atoms with Gasteiger partial charge in [-0.15, -0.1) is 13.2 Å². The highest BCUT2D eigenvalue weighted by Gasteiger charge is 2.35. The number of carbonyl (C=O) groups is 2. The van der Waals surface area contributed by atoms with E-state index < -0.39 is 18.2 Å². The Hall–Kier alpha value is -2.25. The number of halogens is 3. The number of benzene rings is 1. The fourth-order valence-electron chi connectivity index (χ4n) is 2.93. The van der Waals surface area contributed by atoms with Crippen LogP contribution in [0.25, 0.3) is 0 Å². The number of carbonyl (C=O) groups excluding carboxylic acids is 1. The minimum absolute atomic E-state index is 0.127. The van der Waals surface area contributed by atoms with Crippen molar-refractivity contribution >= 4 is 11.9 Å². The topological polar surface area (TPSA) is 66.8 Å². The van der Waals surface area contributed by atoms with E-state index in [0.717, 1.165) is 0 Å². The maximum atomic E-state index is 12.4. The van der Waals surface area contributed by atoms with E-state index in [-0.39, 0.29) is 24.1 Å². The van der Waals surface area contributed by atoms with E-state index in [1.807, 2.05) is 0 Å². The van der Waals surface area contributed by atoms with Crippen LogP contribution in [0.2, 0.25) is 0 Å². The normalized spacial score (nSPS) is 20.7. The number of rotatable bonds is 5. The van der Waals surface area contributed by atoms with Gasteiger partial charge in [0.25, 0.3) is 0 Å². The van der Waals surface area contributed by atoms with Crippen LogP contribution in [0.4, 0.5) is 13.2 Å². The lowest BCUT2D eigenvalue weighted by atomic mass is 10.0. The third kappa shape index (κ3) is 4.87. The Morgan fingerprint density at radius 2 is 1.96 bits per heavy atom. The van der Waals surface area contributed by atoms with Crippen molar-refractivity contribution in [1.29, 1.82) is 0 Å². The van der Waals surface area contributed by atoms with Crippen LogP contribution in [-0.4, -0.2) is 35.3 Å². The Morgan fingerprint density at radius 1 is 1.29 bits per heavy atom. The zero-order valence-corrected chi connectivity index (χ0v) is 13.0. The van der Waals surface area contributed by atoms with Crippen LogP contribution in [-0.2, 0) is 16.1 Å². The fraction of sp³-hybridized carbons (Fsp3) is 0.500. The lowest BCUT2D eigenvalue weighted by Crippen LogP contribution is -2.31. The minimum atomic E-state index is -4.77. The van der Waals surface area contributed by atoms with E-state index in [1.165, 1.54) is 23.1 Å². The molecule has 0 radical (unpaired) electrons. The summed E-state index contributed by atoms with van der Waals surface area (Å²) in [4.78, 5) is 24.7. The van der Waals surface area contributed by atoms with Gasteiger partial charge in [-0.3, -0.25) is 9.59 Å². The summed E-state index contributed by atoms with van der Waals surface area (Å²) in [6.07, 6.45) is -3.49. The molecule has 1 aliphatic carbocycles. The Kier molecular flexibility index (Phi) is 5.36. The predicted octanol–water partition coefficient (Wildman–Crippen LogP) is 3.04. The molecule has 24 heavy (non-hydrogen) atoms. The van der Waals surface area contributed by atoms with Crippen LogP contribution in [0, 0.1) is 11.8 Å². The van der Waals surface area contributed by atoms with Gasteiger partial charge >= 0.3 is 12.3 Å². The molecule has 2 rings (SSSR count). The molecule has 0 aliphatic heterocycles. The van der Waals surface area contributed by atoms with Crippen LogP contribution in [0.3, 0.4) is 0 Å². The third-order valence-electron chi connectivity index (χ3n) is 4.06. The summed E-state index contributed by atoms with van der Waals surface area (Å²) in [6.45, 7) is 0.127. The predicted molar refractivity (Wildman–Crippen MR) is 78.1 cm³/mol. The maximum absolute atomic E-state index is 12.4. The van der Waals surface area contributed by atoms with Crippen molar-refractivity contribution in [3.63, 3.8) is 0 Å². The number of carboxylic acids is 1. The van der Waals surface area contributed by atoms with Crippen molar-refractivity contribution in [2.45, 2.75) is 32.2 Å². The standard InChI is InChI=1S/C16H18F3NO4/c1-20(14(21)11-5-6-12(8-11)15(22)23)9-10-3-2-4-13(7-10)24-16(17,18)19/h2-4,7,11-12H,5-6,8-9H2,1H3,(H,22,23)/t11-,12+/m1/s1. The molecule has 1 saturated carbocycles. The average Bonchev–Trinajstić information content (AvgIpc) is 2.94. The molecule has 2 atom stereocenters. The summed E-state index contributed by atoms with van der Waals surface area (Å²) >= 11 is 0. The molecule has 0 heterocycles. The van der Waals surface area contributed by atoms with Crippen molar-refractivity contribution in [2.24, 2.45) is 11.8 Å². The lowest BCUT2D eigenvalue weighted by Gasteiger charge is -2.21. The molecule has 0 aromatic heterocycles. The van der Waals surface area contributed by atoms with Crippen LogP contribution < -0.4 is 4.74 Å². The van der Waals surface area contributed by atoms with Gasteiger partial charge in [0.15, 0.2) is 0 Å². The van der Waals surface area contributed by atoms with Crippen molar-refractivity contribution in [1.82, 2.24) is 4.90 Å². The maximum Gasteiger partial charge on any atom is 0.573 e. The number of carboxylic acid groups (broad SMARTS) is 1. The third-order valence-corrected chi connectivity index (χ3v) is 4.06. The molecule has 0 saturated heterocycles. The van der Waals surface area contributed by atoms with Gasteiger partial charge in [-0.1, -0.05) is 12.1 Å². The first-order valence-corrected chi connectivity index (χ1v) is 7.48. The second-order valence-corrected chi connectivity index (χ2v) is 5.93. The Labute approximate surface area is 137 Å². The number of aliphatic carboxylic acids is 1. The van der Waals surface area contributed by atoms with E-state index in [9.17, 15) is 22.8 Å². The van der Waals surface area contributed by atoms with E-state index in [1.54, 1.807) is 13.1 Å². The zero-order chi connectivity index (χ0) is 17.9. The largest absolute Gasteiger partial charge is 0.573 e. The van der Waals surface area contributed by atoms with Crippen LogP contribution in [0.15, 0.2) is 24.3 Å². The summed E-state index contributed by atoms with van der Waals surface area (Å²) < 4.78 is 40.6. The van der Waals surface area contributed by atoms with E-state index in [2.05, 4.69) is 4.74 Å². The molecule has 1 aliphatic rings. The summed E-state index contributed by atoms with van der Waals surface area (Å²) in [5, 5.41) is 8.98. The Balaban J connectivity index is 1.97. The quantitative estimate of drug-likeness (QED) is 0.891. The van der Waals surface area contributed by atoms with Crippen LogP contribution in [0.5, 0.6) is 5.75 Å². The van der Waals surface area contributed by atoms with Gasteiger partial charge in [0.1, 0.15) is 5.75 Å². The van der Waals surface area contributed by atoms with Crippen molar-refractivity contribution in [3.05, 3.63) is 29.8 Å². The number of nitrogens with zero attached hydrogens (tertiary/aromatic N) is 1. The molecule has 1 aromatic carbocycles. The SMILES string of the molecule is CN(Cc1cccc(OC(F)(F)F)c1)C(=O)[C@@H]1CC[C@H](C(=O)O)C1. The highest BCUT2D eigenvalue weighted by molar-refractivity contribution is 5.80. The Bertz CT molecular complexity index is 618. The monoisotopic (exact) mass is 345 g/mol. The number of amides is 1. The van der Waals surface area contributed by atoms with Crippen molar-refractivity contribution in [3.8, 4) is 5.75 Å². The molecule has 1 N–H and O–H groups in total. The average molecular weight is 345 g/mol. The molecule has 0 spiro atoms. The summed E-state index contributed by atoms with van der Waals surface area (Å²) in [7, 11) is 1.55. The molecule has 1 amide bonds. The number of hydrogen-bond acceptors (Lipinski definition) is 3. The minimum Gasteiger partial charge on any atom is -0.481 e. The van der Waals surface area contributed by atoms with E-state index >= 15 is 0 Å². The summed E-state index contributed by atoms with van der Waals surface area (Å²) in [6, 6.07) is 5.44. The van der Waals surface area contributed by atoms with Gasteiger partial charge in [0.05, 0.1) is 5.92 Å². The molecule has 5 nitrogen and oxygen atoms in total. The van der Waals surface area contributed by atoms with E-state index in [4.69, 9.17) is 5.11 Å². The highest BCUT2D eigenvalue weighted by atomic mass is 19.4. The number of hydrogen-bond donors (Lipinski definition) is 1. The van der Waals surface area contributed by atoms with Gasteiger partial charge < -0.3 is 14.7 Å². The molecule has 1 fully saturated rings. The summed E-state index contributed by atoms with van der Waals surface area (Å²) in [5.74, 6) is -2.29. The molecular weight excluding hydrogens is 327 g/mol. The van der Waals surface area contributed by atoms with Gasteiger partial charge in [-0.05, 0) is 37.0 Å². The first kappa shape index (κ1) is 18.1. The van der Waals surface area contributed by atoms with Crippen molar-refractivity contribution < 1.29 is 32.6 Å². The second kappa shape index (κ2) is 7.11. The zero-order valence-electron chi connectivity index (χ0n) is 13.0. The molecule has 0 bridgehead atoms. The van der Waals surface area contributed by atoms with Gasteiger partial charge in [0.2, 0.25) is 5.91 Å². The lowest BCUT2D eigenvalue weighted by molar-refractivity contribution is -0.274. The fourth-order valence-corrected chi connectivity index (χ4v) is 2.93. The smallest absolute Gasteiger partial charge is 0.481 e. The highest BCUT2D eigenvalue weighted by Crippen LogP contribution is 2.32. The number of ether oxygens (including phenoxy) is 1. The van der Waals surface area contributed by atoms with Crippen molar-refractivity contribution in [2.75, 3.05) is 7.05 Å².